The largest absolute Gasteiger partial charge is 0.422 e. The summed E-state index contributed by atoms with van der Waals surface area (Å²) in [7, 11) is 3.57. The Morgan fingerprint density at radius 1 is 1.19 bits per heavy atom. The summed E-state index contributed by atoms with van der Waals surface area (Å²) in [6.07, 6.45) is 3.37. The average Bonchev–Trinajstić information content (AvgIpc) is 3.44. The quantitative estimate of drug-likeness (QED) is 0.575. The van der Waals surface area contributed by atoms with Gasteiger partial charge < -0.3 is 9.64 Å². The molecule has 2 saturated carbocycles. The van der Waals surface area contributed by atoms with Crippen LogP contribution in [0.25, 0.3) is 0 Å². The first-order chi connectivity index (χ1) is 17.2. The van der Waals surface area contributed by atoms with E-state index in [1.807, 2.05) is 0 Å². The van der Waals surface area contributed by atoms with Crippen LogP contribution in [-0.4, -0.2) is 61.7 Å². The van der Waals surface area contributed by atoms with E-state index in [4.69, 9.17) is 9.57 Å². The number of rotatable bonds is 4. The van der Waals surface area contributed by atoms with Crippen LogP contribution in [0.1, 0.15) is 69.2 Å². The number of nitrogens with zero attached hydrogens (tertiary/aromatic N) is 3. The van der Waals surface area contributed by atoms with Crippen LogP contribution in [0, 0.1) is 17.8 Å². The molecule has 36 heavy (non-hydrogen) atoms. The Balaban J connectivity index is 0.000000967. The van der Waals surface area contributed by atoms with E-state index >= 15 is 0 Å². The van der Waals surface area contributed by atoms with Gasteiger partial charge in [-0.3, -0.25) is 14.5 Å². The lowest BCUT2D eigenvalue weighted by molar-refractivity contribution is -0.891. The molecular formula is C27H41F3N3O3+. The standard InChI is InChI=1S/C24H33F3N3O3.C3H8/c1-28(22-16-3-4-17(22)14-33-13-16)20-6-5-15(10-20)23(31)29-8-7-21-18(11-29)9-19(24(25,26)27)12-30(21)32-2;1-3-2/h9,12,15-17,20,22H,3-8,10-11,13-14H2,1-2H3;3H2,1-2H3/q+1;. The second-order valence-corrected chi connectivity index (χ2v) is 10.9. The van der Waals surface area contributed by atoms with Crippen molar-refractivity contribution >= 4 is 5.91 Å². The third kappa shape index (κ3) is 5.52. The third-order valence-electron chi connectivity index (χ3n) is 8.38. The Bertz CT molecular complexity index is 910. The summed E-state index contributed by atoms with van der Waals surface area (Å²) in [4.78, 5) is 22.8. The van der Waals surface area contributed by atoms with Crippen molar-refractivity contribution in [1.82, 2.24) is 9.80 Å². The molecular weight excluding hydrogens is 471 g/mol. The van der Waals surface area contributed by atoms with Gasteiger partial charge in [0.25, 0.3) is 0 Å². The lowest BCUT2D eigenvalue weighted by Gasteiger charge is -2.40. The number of pyridine rings is 1. The van der Waals surface area contributed by atoms with Gasteiger partial charge >= 0.3 is 6.18 Å². The van der Waals surface area contributed by atoms with Gasteiger partial charge in [-0.15, -0.1) is 0 Å². The predicted molar refractivity (Wildman–Crippen MR) is 129 cm³/mol. The summed E-state index contributed by atoms with van der Waals surface area (Å²) in [5.74, 6) is 1.21. The predicted octanol–water partition coefficient (Wildman–Crippen LogP) is 3.88. The number of alkyl halides is 3. The van der Waals surface area contributed by atoms with Crippen molar-refractivity contribution in [3.05, 3.63) is 29.1 Å². The number of amides is 1. The molecule has 1 aromatic rings. The summed E-state index contributed by atoms with van der Waals surface area (Å²) in [5.41, 5.74) is 0.455. The topological polar surface area (TPSA) is 45.9 Å². The molecule has 4 unspecified atom stereocenters. The monoisotopic (exact) mass is 512 g/mol. The van der Waals surface area contributed by atoms with Crippen molar-refractivity contribution in [2.24, 2.45) is 17.8 Å². The second kappa shape index (κ2) is 11.3. The molecule has 0 aromatic carbocycles. The van der Waals surface area contributed by atoms with E-state index in [1.54, 1.807) is 4.90 Å². The summed E-state index contributed by atoms with van der Waals surface area (Å²) in [6.45, 7) is 6.63. The number of ether oxygens (including phenoxy) is 1. The zero-order valence-corrected chi connectivity index (χ0v) is 22.0. The molecule has 6 nitrogen and oxygen atoms in total. The molecule has 4 aliphatic rings. The Morgan fingerprint density at radius 3 is 2.47 bits per heavy atom. The molecule has 1 saturated heterocycles. The lowest BCUT2D eigenvalue weighted by Crippen LogP contribution is -2.51. The zero-order chi connectivity index (χ0) is 26.0. The maximum absolute atomic E-state index is 13.4. The molecule has 4 atom stereocenters. The van der Waals surface area contributed by atoms with Crippen LogP contribution in [0.2, 0.25) is 0 Å². The number of halogens is 3. The van der Waals surface area contributed by atoms with Crippen molar-refractivity contribution in [2.75, 3.05) is 33.9 Å². The fraction of sp³-hybridized carbons (Fsp3) is 0.778. The van der Waals surface area contributed by atoms with Gasteiger partial charge in [-0.1, -0.05) is 20.3 Å². The molecule has 1 aromatic heterocycles. The van der Waals surface area contributed by atoms with Crippen LogP contribution in [0.3, 0.4) is 0 Å². The van der Waals surface area contributed by atoms with E-state index in [9.17, 15) is 18.0 Å². The maximum atomic E-state index is 13.4. The molecule has 9 heteroatoms. The van der Waals surface area contributed by atoms with Gasteiger partial charge in [0, 0.05) is 34.8 Å². The van der Waals surface area contributed by atoms with Crippen molar-refractivity contribution in [1.29, 1.82) is 0 Å². The van der Waals surface area contributed by atoms with E-state index in [1.165, 1.54) is 31.1 Å². The van der Waals surface area contributed by atoms with E-state index in [2.05, 4.69) is 25.8 Å². The first-order valence-electron chi connectivity index (χ1n) is 13.4. The Labute approximate surface area is 212 Å². The van der Waals surface area contributed by atoms with Gasteiger partial charge in [-0.2, -0.15) is 13.2 Å². The van der Waals surface area contributed by atoms with Gasteiger partial charge in [0.15, 0.2) is 0 Å². The van der Waals surface area contributed by atoms with Gasteiger partial charge in [-0.05, 0) is 57.1 Å². The first kappa shape index (κ1) is 27.2. The van der Waals surface area contributed by atoms with Crippen LogP contribution in [0.5, 0.6) is 0 Å². The van der Waals surface area contributed by atoms with Crippen LogP contribution in [-0.2, 0) is 28.7 Å². The molecule has 1 amide bonds. The van der Waals surface area contributed by atoms with Gasteiger partial charge in [0.05, 0.1) is 26.2 Å². The molecule has 2 aliphatic carbocycles. The highest BCUT2D eigenvalue weighted by Crippen LogP contribution is 2.42. The van der Waals surface area contributed by atoms with Crippen LogP contribution in [0.15, 0.2) is 12.3 Å². The SMILES string of the molecule is CCC.CO[n+]1cc(C(F)(F)F)cc2c1CCN(C(=O)C1CCC(N(C)C3C4CCC3COC4)C1)C2. The zero-order valence-electron chi connectivity index (χ0n) is 22.0. The summed E-state index contributed by atoms with van der Waals surface area (Å²) in [5, 5.41) is 0. The highest BCUT2D eigenvalue weighted by molar-refractivity contribution is 5.79. The van der Waals surface area contributed by atoms with Crippen LogP contribution in [0.4, 0.5) is 13.2 Å². The summed E-state index contributed by atoms with van der Waals surface area (Å²) < 4.78 is 47.0. The number of carbonyl (C=O) groups is 1. The van der Waals surface area contributed by atoms with E-state index in [0.29, 0.717) is 48.1 Å². The Kier molecular flexibility index (Phi) is 8.49. The number of aromatic nitrogens is 1. The number of fused-ring (bicyclic) bond motifs is 3. The van der Waals surface area contributed by atoms with Crippen molar-refractivity contribution < 1.29 is 32.3 Å². The van der Waals surface area contributed by atoms with E-state index in [0.717, 1.165) is 44.7 Å². The molecule has 5 rings (SSSR count). The van der Waals surface area contributed by atoms with E-state index in [-0.39, 0.29) is 18.4 Å². The maximum Gasteiger partial charge on any atom is 0.422 e. The molecule has 0 radical (unpaired) electrons. The minimum absolute atomic E-state index is 0.0585. The Morgan fingerprint density at radius 2 is 1.86 bits per heavy atom. The van der Waals surface area contributed by atoms with Gasteiger partial charge in [-0.25, -0.2) is 0 Å². The van der Waals surface area contributed by atoms with Crippen molar-refractivity contribution in [3.63, 3.8) is 0 Å². The van der Waals surface area contributed by atoms with Crippen molar-refractivity contribution in [2.45, 2.75) is 83.6 Å². The smallest absolute Gasteiger partial charge is 0.381 e. The second-order valence-electron chi connectivity index (χ2n) is 10.9. The minimum Gasteiger partial charge on any atom is -0.381 e. The summed E-state index contributed by atoms with van der Waals surface area (Å²) in [6, 6.07) is 2.09. The number of hydrogen-bond acceptors (Lipinski definition) is 4. The fourth-order valence-electron chi connectivity index (χ4n) is 6.70. The lowest BCUT2D eigenvalue weighted by atomic mass is 9.93. The molecule has 202 valence electrons. The van der Waals surface area contributed by atoms with Gasteiger partial charge in [0.2, 0.25) is 17.8 Å². The fourth-order valence-corrected chi connectivity index (χ4v) is 6.70. The van der Waals surface area contributed by atoms with Gasteiger partial charge in [0.1, 0.15) is 12.7 Å². The molecule has 3 heterocycles. The summed E-state index contributed by atoms with van der Waals surface area (Å²) >= 11 is 0. The molecule has 0 spiro atoms. The average molecular weight is 513 g/mol. The highest BCUT2D eigenvalue weighted by Gasteiger charge is 2.46. The molecule has 2 aliphatic heterocycles. The van der Waals surface area contributed by atoms with Crippen molar-refractivity contribution in [3.8, 4) is 0 Å². The molecule has 0 N–H and O–H groups in total. The first-order valence-corrected chi connectivity index (χ1v) is 13.4. The Hall–Kier alpha value is -1.87. The molecule has 2 bridgehead atoms. The minimum atomic E-state index is -4.46. The number of carbonyl (C=O) groups excluding carboxylic acids is 1. The molecule has 3 fully saturated rings. The third-order valence-corrected chi connectivity index (χ3v) is 8.38. The number of hydrogen-bond donors (Lipinski definition) is 0. The van der Waals surface area contributed by atoms with Crippen LogP contribution >= 0.6 is 0 Å². The van der Waals surface area contributed by atoms with Crippen LogP contribution < -0.4 is 9.57 Å². The normalized spacial score (nSPS) is 29.6. The highest BCUT2D eigenvalue weighted by atomic mass is 19.4. The van der Waals surface area contributed by atoms with E-state index < -0.39 is 11.7 Å².